The van der Waals surface area contributed by atoms with Crippen molar-refractivity contribution in [2.24, 2.45) is 0 Å². The molecule has 0 atom stereocenters. The topological polar surface area (TPSA) is 57.7 Å². The molecule has 0 N–H and O–H groups in total. The van der Waals surface area contributed by atoms with Crippen LogP contribution in [0.2, 0.25) is 0 Å². The molecule has 0 saturated heterocycles. The summed E-state index contributed by atoms with van der Waals surface area (Å²) >= 11 is 0. The lowest BCUT2D eigenvalue weighted by atomic mass is 9.81. The van der Waals surface area contributed by atoms with Crippen molar-refractivity contribution in [3.63, 3.8) is 0 Å². The van der Waals surface area contributed by atoms with Gasteiger partial charge < -0.3 is 4.90 Å². The highest BCUT2D eigenvalue weighted by Crippen LogP contribution is 2.51. The molecule has 1 amide bonds. The van der Waals surface area contributed by atoms with E-state index in [-0.39, 0.29) is 16.2 Å². The highest BCUT2D eigenvalue weighted by molar-refractivity contribution is 7.92. The van der Waals surface area contributed by atoms with Crippen LogP contribution in [0.5, 0.6) is 0 Å². The summed E-state index contributed by atoms with van der Waals surface area (Å²) in [5.41, 5.74) is 3.32. The van der Waals surface area contributed by atoms with Crippen LogP contribution in [-0.4, -0.2) is 32.8 Å². The van der Waals surface area contributed by atoms with Gasteiger partial charge in [0.2, 0.25) is 0 Å². The number of benzene rings is 2. The van der Waals surface area contributed by atoms with Gasteiger partial charge in [0.1, 0.15) is 0 Å². The summed E-state index contributed by atoms with van der Waals surface area (Å²) < 4.78 is 28.6. The number of hydrogen-bond acceptors (Lipinski definition) is 3. The molecule has 2 aromatic rings. The Labute approximate surface area is 159 Å². The first-order valence-corrected chi connectivity index (χ1v) is 10.9. The van der Waals surface area contributed by atoms with E-state index >= 15 is 0 Å². The Morgan fingerprint density at radius 3 is 2.56 bits per heavy atom. The van der Waals surface area contributed by atoms with E-state index < -0.39 is 10.0 Å². The highest BCUT2D eigenvalue weighted by atomic mass is 32.2. The number of sulfonamides is 1. The molecule has 3 aliphatic rings. The van der Waals surface area contributed by atoms with Crippen LogP contribution in [0.15, 0.2) is 47.4 Å². The third kappa shape index (κ3) is 2.29. The van der Waals surface area contributed by atoms with Gasteiger partial charge in [-0.05, 0) is 48.2 Å². The molecule has 5 rings (SSSR count). The van der Waals surface area contributed by atoms with Gasteiger partial charge in [-0.25, -0.2) is 8.42 Å². The van der Waals surface area contributed by atoms with Crippen LogP contribution in [-0.2, 0) is 22.0 Å². The summed E-state index contributed by atoms with van der Waals surface area (Å²) in [7, 11) is -1.94. The van der Waals surface area contributed by atoms with Crippen molar-refractivity contribution in [3.8, 4) is 0 Å². The van der Waals surface area contributed by atoms with Gasteiger partial charge in [0.05, 0.1) is 10.6 Å². The van der Waals surface area contributed by atoms with Crippen LogP contribution in [0.4, 0.5) is 5.69 Å². The van der Waals surface area contributed by atoms with E-state index in [0.717, 1.165) is 36.9 Å². The summed E-state index contributed by atoms with van der Waals surface area (Å²) in [6.45, 7) is 0.975. The summed E-state index contributed by atoms with van der Waals surface area (Å²) in [5, 5.41) is 0. The fourth-order valence-corrected chi connectivity index (χ4v) is 6.63. The van der Waals surface area contributed by atoms with Crippen molar-refractivity contribution < 1.29 is 13.2 Å². The predicted molar refractivity (Wildman–Crippen MR) is 103 cm³/mol. The summed E-state index contributed by atoms with van der Waals surface area (Å²) in [5.74, 6) is -0.0506. The second-order valence-electron chi connectivity index (χ2n) is 8.00. The standard InChI is InChI=1S/C21H22N2O3S/c1-22-13-15-12-16(8-9-17(15)20(22)24)27(25,26)23-14-21(10-4-5-11-21)18-6-2-3-7-19(18)23/h2-3,6-9,12H,4-5,10-11,13-14H2,1H3. The van der Waals surface area contributed by atoms with Crippen molar-refractivity contribution in [2.45, 2.75) is 42.5 Å². The van der Waals surface area contributed by atoms with Crippen molar-refractivity contribution in [1.82, 2.24) is 4.90 Å². The van der Waals surface area contributed by atoms with Crippen LogP contribution in [0, 0.1) is 0 Å². The molecule has 5 nitrogen and oxygen atoms in total. The fourth-order valence-electron chi connectivity index (χ4n) is 5.01. The van der Waals surface area contributed by atoms with E-state index in [4.69, 9.17) is 0 Å². The first-order valence-electron chi connectivity index (χ1n) is 9.43. The number of hydrogen-bond donors (Lipinski definition) is 0. The number of anilines is 1. The molecule has 0 aromatic heterocycles. The molecule has 0 radical (unpaired) electrons. The van der Waals surface area contributed by atoms with Crippen molar-refractivity contribution in [2.75, 3.05) is 17.9 Å². The van der Waals surface area contributed by atoms with Crippen LogP contribution in [0.1, 0.15) is 47.2 Å². The van der Waals surface area contributed by atoms with Gasteiger partial charge in [-0.3, -0.25) is 9.10 Å². The lowest BCUT2D eigenvalue weighted by Gasteiger charge is -2.25. The number of nitrogens with zero attached hydrogens (tertiary/aromatic N) is 2. The third-order valence-electron chi connectivity index (χ3n) is 6.40. The molecule has 0 unspecified atom stereocenters. The maximum Gasteiger partial charge on any atom is 0.264 e. The summed E-state index contributed by atoms with van der Waals surface area (Å²) in [6, 6.07) is 12.8. The summed E-state index contributed by atoms with van der Waals surface area (Å²) in [4.78, 5) is 14.0. The average Bonchev–Trinajstić information content (AvgIpc) is 3.34. The lowest BCUT2D eigenvalue weighted by Crippen LogP contribution is -2.35. The maximum atomic E-state index is 13.5. The SMILES string of the molecule is CN1Cc2cc(S(=O)(=O)N3CC4(CCCC4)c4ccccc43)ccc2C1=O. The first-order chi connectivity index (χ1) is 12.9. The minimum atomic E-state index is -3.67. The molecule has 1 aliphatic carbocycles. The van der Waals surface area contributed by atoms with Gasteiger partial charge in [0.25, 0.3) is 15.9 Å². The molecule has 0 bridgehead atoms. The van der Waals surface area contributed by atoms with E-state index in [2.05, 4.69) is 6.07 Å². The molecule has 140 valence electrons. The molecule has 1 saturated carbocycles. The van der Waals surface area contributed by atoms with Crippen LogP contribution >= 0.6 is 0 Å². The molecule has 2 aliphatic heterocycles. The molecule has 6 heteroatoms. The fraction of sp³-hybridized carbons (Fsp3) is 0.381. The van der Waals surface area contributed by atoms with Crippen LogP contribution in [0.25, 0.3) is 0 Å². The van der Waals surface area contributed by atoms with E-state index in [9.17, 15) is 13.2 Å². The number of para-hydroxylation sites is 1. The molecule has 27 heavy (non-hydrogen) atoms. The van der Waals surface area contributed by atoms with Gasteiger partial charge in [-0.1, -0.05) is 31.0 Å². The van der Waals surface area contributed by atoms with E-state index in [1.165, 1.54) is 5.56 Å². The Morgan fingerprint density at radius 2 is 1.78 bits per heavy atom. The van der Waals surface area contributed by atoms with Crippen LogP contribution < -0.4 is 4.31 Å². The number of carbonyl (C=O) groups is 1. The average molecular weight is 382 g/mol. The zero-order valence-corrected chi connectivity index (χ0v) is 16.1. The first kappa shape index (κ1) is 16.8. The number of amides is 1. The monoisotopic (exact) mass is 382 g/mol. The van der Waals surface area contributed by atoms with Crippen molar-refractivity contribution in [1.29, 1.82) is 0 Å². The van der Waals surface area contributed by atoms with Gasteiger partial charge in [0.15, 0.2) is 0 Å². The zero-order chi connectivity index (χ0) is 18.8. The number of fused-ring (bicyclic) bond motifs is 3. The Kier molecular flexibility index (Phi) is 3.47. The van der Waals surface area contributed by atoms with Gasteiger partial charge in [-0.2, -0.15) is 0 Å². The Balaban J connectivity index is 1.59. The smallest absolute Gasteiger partial charge is 0.264 e. The lowest BCUT2D eigenvalue weighted by molar-refractivity contribution is 0.0816. The number of carbonyl (C=O) groups excluding carboxylic acids is 1. The molecule has 1 fully saturated rings. The van der Waals surface area contributed by atoms with Gasteiger partial charge in [-0.15, -0.1) is 0 Å². The van der Waals surface area contributed by atoms with Crippen molar-refractivity contribution >= 4 is 21.6 Å². The molecular formula is C21H22N2O3S. The van der Waals surface area contributed by atoms with Crippen LogP contribution in [0.3, 0.4) is 0 Å². The second-order valence-corrected chi connectivity index (χ2v) is 9.86. The molecule has 1 spiro atoms. The maximum absolute atomic E-state index is 13.5. The highest BCUT2D eigenvalue weighted by Gasteiger charge is 2.48. The number of rotatable bonds is 2. The minimum Gasteiger partial charge on any atom is -0.337 e. The Hall–Kier alpha value is -2.34. The Morgan fingerprint density at radius 1 is 1.04 bits per heavy atom. The van der Waals surface area contributed by atoms with E-state index in [1.54, 1.807) is 34.5 Å². The third-order valence-corrected chi connectivity index (χ3v) is 8.16. The summed E-state index contributed by atoms with van der Waals surface area (Å²) in [6.07, 6.45) is 4.38. The molecule has 2 aromatic carbocycles. The largest absolute Gasteiger partial charge is 0.337 e. The predicted octanol–water partition coefficient (Wildman–Crippen LogP) is 3.29. The second kappa shape index (κ2) is 5.58. The normalized spacial score (nSPS) is 20.4. The van der Waals surface area contributed by atoms with Crippen molar-refractivity contribution in [3.05, 3.63) is 59.2 Å². The zero-order valence-electron chi connectivity index (χ0n) is 15.3. The molecular weight excluding hydrogens is 360 g/mol. The molecule has 2 heterocycles. The minimum absolute atomic E-state index is 0.0451. The Bertz CT molecular complexity index is 1050. The van der Waals surface area contributed by atoms with Gasteiger partial charge >= 0.3 is 0 Å². The van der Waals surface area contributed by atoms with E-state index in [1.807, 2.05) is 18.2 Å². The van der Waals surface area contributed by atoms with E-state index in [0.29, 0.717) is 18.7 Å². The van der Waals surface area contributed by atoms with Gasteiger partial charge in [0, 0.05) is 31.1 Å². The quantitative estimate of drug-likeness (QED) is 0.801.